The second-order valence-electron chi connectivity index (χ2n) is 7.55. The molecule has 1 unspecified atom stereocenters. The van der Waals surface area contributed by atoms with Crippen molar-refractivity contribution < 1.29 is 0 Å². The van der Waals surface area contributed by atoms with Crippen LogP contribution in [0.1, 0.15) is 39.5 Å². The van der Waals surface area contributed by atoms with Gasteiger partial charge >= 0.3 is 0 Å². The first-order valence-corrected chi connectivity index (χ1v) is 7.73. The first-order valence-electron chi connectivity index (χ1n) is 7.73. The number of likely N-dealkylation sites (tertiary alicyclic amines) is 1. The predicted octanol–water partition coefficient (Wildman–Crippen LogP) is 1.53. The Labute approximate surface area is 112 Å². The molecular formula is C15H29N3. The number of nitrogens with two attached hydrogens (primary N) is 1. The average molecular weight is 251 g/mol. The Morgan fingerprint density at radius 1 is 1.11 bits per heavy atom. The summed E-state index contributed by atoms with van der Waals surface area (Å²) in [4.78, 5) is 5.42. The normalized spacial score (nSPS) is 44.2. The van der Waals surface area contributed by atoms with Crippen molar-refractivity contribution in [2.75, 3.05) is 39.3 Å². The fourth-order valence-corrected chi connectivity index (χ4v) is 4.67. The van der Waals surface area contributed by atoms with Crippen molar-refractivity contribution in [2.45, 2.75) is 45.1 Å². The molecule has 4 saturated heterocycles. The molecular weight excluding hydrogens is 222 g/mol. The van der Waals surface area contributed by atoms with Crippen LogP contribution in [0.25, 0.3) is 0 Å². The number of piperidine rings is 4. The molecule has 4 rings (SSSR count). The van der Waals surface area contributed by atoms with Crippen molar-refractivity contribution in [1.29, 1.82) is 0 Å². The van der Waals surface area contributed by atoms with Gasteiger partial charge in [0.15, 0.2) is 0 Å². The predicted molar refractivity (Wildman–Crippen MR) is 75.5 cm³/mol. The van der Waals surface area contributed by atoms with Gasteiger partial charge in [-0.05, 0) is 56.7 Å². The van der Waals surface area contributed by atoms with Crippen LogP contribution in [0.4, 0.5) is 0 Å². The zero-order valence-corrected chi connectivity index (χ0v) is 12.1. The van der Waals surface area contributed by atoms with Gasteiger partial charge in [0.25, 0.3) is 0 Å². The van der Waals surface area contributed by atoms with Crippen molar-refractivity contribution in [1.82, 2.24) is 9.80 Å². The molecule has 0 amide bonds. The Morgan fingerprint density at radius 2 is 1.83 bits per heavy atom. The van der Waals surface area contributed by atoms with E-state index in [0.29, 0.717) is 11.0 Å². The van der Waals surface area contributed by atoms with E-state index in [0.717, 1.165) is 12.5 Å². The molecule has 2 bridgehead atoms. The largest absolute Gasteiger partial charge is 0.329 e. The lowest BCUT2D eigenvalue weighted by atomic mass is 9.69. The van der Waals surface area contributed by atoms with Gasteiger partial charge in [0.2, 0.25) is 0 Å². The minimum atomic E-state index is 0.300. The van der Waals surface area contributed by atoms with Gasteiger partial charge < -0.3 is 10.6 Å². The minimum absolute atomic E-state index is 0.300. The van der Waals surface area contributed by atoms with E-state index in [-0.39, 0.29) is 0 Å². The zero-order valence-electron chi connectivity index (χ0n) is 12.1. The Morgan fingerprint density at radius 3 is 2.33 bits per heavy atom. The fourth-order valence-electron chi connectivity index (χ4n) is 4.67. The van der Waals surface area contributed by atoms with Gasteiger partial charge in [-0.1, -0.05) is 13.8 Å². The van der Waals surface area contributed by atoms with Gasteiger partial charge in [0.05, 0.1) is 0 Å². The maximum atomic E-state index is 6.28. The molecule has 4 heterocycles. The molecule has 104 valence electrons. The first kappa shape index (κ1) is 12.9. The molecule has 0 aromatic heterocycles. The van der Waals surface area contributed by atoms with Crippen molar-refractivity contribution in [3.05, 3.63) is 0 Å². The zero-order chi connectivity index (χ0) is 12.8. The van der Waals surface area contributed by atoms with E-state index in [1.54, 1.807) is 0 Å². The highest BCUT2D eigenvalue weighted by Gasteiger charge is 2.50. The van der Waals surface area contributed by atoms with Gasteiger partial charge in [0.1, 0.15) is 0 Å². The molecule has 0 saturated carbocycles. The minimum Gasteiger partial charge on any atom is -0.329 e. The summed E-state index contributed by atoms with van der Waals surface area (Å²) in [6, 6.07) is 0. The van der Waals surface area contributed by atoms with Gasteiger partial charge in [-0.25, -0.2) is 0 Å². The third kappa shape index (κ3) is 2.00. The summed E-state index contributed by atoms with van der Waals surface area (Å²) in [5.74, 6) is 0.849. The van der Waals surface area contributed by atoms with Gasteiger partial charge in [0, 0.05) is 25.2 Å². The summed E-state index contributed by atoms with van der Waals surface area (Å²) >= 11 is 0. The van der Waals surface area contributed by atoms with Crippen LogP contribution in [-0.2, 0) is 0 Å². The number of hydrogen-bond acceptors (Lipinski definition) is 3. The maximum Gasteiger partial charge on any atom is 0.0487 e. The topological polar surface area (TPSA) is 32.5 Å². The van der Waals surface area contributed by atoms with E-state index in [1.807, 2.05) is 0 Å². The van der Waals surface area contributed by atoms with E-state index < -0.39 is 0 Å². The third-order valence-corrected chi connectivity index (χ3v) is 5.73. The van der Waals surface area contributed by atoms with Gasteiger partial charge in [-0.2, -0.15) is 0 Å². The highest BCUT2D eigenvalue weighted by molar-refractivity contribution is 5.07. The van der Waals surface area contributed by atoms with Gasteiger partial charge in [-0.15, -0.1) is 0 Å². The number of nitrogens with zero attached hydrogens (tertiary/aromatic N) is 2. The molecule has 1 atom stereocenters. The lowest BCUT2D eigenvalue weighted by Crippen LogP contribution is -2.71. The fraction of sp³-hybridized carbons (Fsp3) is 1.00. The number of rotatable bonds is 2. The molecule has 3 heteroatoms. The summed E-state index contributed by atoms with van der Waals surface area (Å²) in [6.07, 6.45) is 5.46. The smallest absolute Gasteiger partial charge is 0.0487 e. The molecule has 18 heavy (non-hydrogen) atoms. The molecule has 3 nitrogen and oxygen atoms in total. The maximum absolute atomic E-state index is 6.28. The Bertz CT molecular complexity index is 307. The number of hydrogen-bond donors (Lipinski definition) is 1. The van der Waals surface area contributed by atoms with Crippen LogP contribution in [0.15, 0.2) is 0 Å². The lowest BCUT2D eigenvalue weighted by molar-refractivity contribution is -0.0911. The van der Waals surface area contributed by atoms with E-state index in [4.69, 9.17) is 5.73 Å². The van der Waals surface area contributed by atoms with Crippen LogP contribution >= 0.6 is 0 Å². The summed E-state index contributed by atoms with van der Waals surface area (Å²) in [5, 5.41) is 0. The Kier molecular flexibility index (Phi) is 3.20. The molecule has 4 aliphatic heterocycles. The van der Waals surface area contributed by atoms with Crippen LogP contribution in [0.2, 0.25) is 0 Å². The van der Waals surface area contributed by atoms with Crippen molar-refractivity contribution >= 4 is 0 Å². The quantitative estimate of drug-likeness (QED) is 0.808. The monoisotopic (exact) mass is 251 g/mol. The standard InChI is InChI=1S/C15H29N3/c1-14(2)6-3-7-18(11-14)15(10-16)12-17-8-4-13(15)5-9-17/h13H,3-12,16H2,1-2H3. The molecule has 4 aliphatic rings. The first-order chi connectivity index (χ1) is 8.56. The second-order valence-corrected chi connectivity index (χ2v) is 7.55. The van der Waals surface area contributed by atoms with Crippen LogP contribution < -0.4 is 5.73 Å². The van der Waals surface area contributed by atoms with Crippen LogP contribution in [0.3, 0.4) is 0 Å². The second kappa shape index (κ2) is 4.46. The van der Waals surface area contributed by atoms with Crippen LogP contribution in [0.5, 0.6) is 0 Å². The average Bonchev–Trinajstić information content (AvgIpc) is 2.38. The highest BCUT2D eigenvalue weighted by atomic mass is 15.3. The van der Waals surface area contributed by atoms with E-state index in [9.17, 15) is 0 Å². The number of fused-ring (bicyclic) bond motifs is 3. The van der Waals surface area contributed by atoms with Crippen molar-refractivity contribution in [2.24, 2.45) is 17.1 Å². The van der Waals surface area contributed by atoms with E-state index in [1.165, 1.54) is 58.4 Å². The SMILES string of the molecule is CC1(C)CCCN(C2(CN)CN3CCC2CC3)C1. The molecule has 0 radical (unpaired) electrons. The molecule has 0 aliphatic carbocycles. The van der Waals surface area contributed by atoms with Crippen LogP contribution in [0, 0.1) is 11.3 Å². The third-order valence-electron chi connectivity index (χ3n) is 5.73. The summed E-state index contributed by atoms with van der Waals surface area (Å²) < 4.78 is 0. The van der Waals surface area contributed by atoms with Crippen LogP contribution in [-0.4, -0.2) is 54.6 Å². The molecule has 2 N–H and O–H groups in total. The molecule has 4 fully saturated rings. The van der Waals surface area contributed by atoms with E-state index in [2.05, 4.69) is 23.6 Å². The Balaban J connectivity index is 1.83. The lowest BCUT2D eigenvalue weighted by Gasteiger charge is -2.60. The highest BCUT2D eigenvalue weighted by Crippen LogP contribution is 2.42. The van der Waals surface area contributed by atoms with Gasteiger partial charge in [-0.3, -0.25) is 4.90 Å². The molecule has 0 spiro atoms. The summed E-state index contributed by atoms with van der Waals surface area (Å²) in [6.45, 7) is 12.1. The summed E-state index contributed by atoms with van der Waals surface area (Å²) in [5.41, 5.74) is 7.05. The summed E-state index contributed by atoms with van der Waals surface area (Å²) in [7, 11) is 0. The van der Waals surface area contributed by atoms with Crippen molar-refractivity contribution in [3.8, 4) is 0 Å². The van der Waals surface area contributed by atoms with Crippen molar-refractivity contribution in [3.63, 3.8) is 0 Å². The molecule has 0 aromatic carbocycles. The Hall–Kier alpha value is -0.120. The molecule has 0 aromatic rings. The van der Waals surface area contributed by atoms with E-state index >= 15 is 0 Å².